The summed E-state index contributed by atoms with van der Waals surface area (Å²) in [7, 11) is 0. The number of hydrogen-bond donors (Lipinski definition) is 1. The molecule has 0 aliphatic carbocycles. The van der Waals surface area contributed by atoms with Crippen LogP contribution in [0.1, 0.15) is 33.3 Å². The van der Waals surface area contributed by atoms with Crippen LogP contribution in [0.4, 0.5) is 8.78 Å². The van der Waals surface area contributed by atoms with Gasteiger partial charge in [0, 0.05) is 12.1 Å². The van der Waals surface area contributed by atoms with Crippen molar-refractivity contribution < 1.29 is 13.6 Å². The van der Waals surface area contributed by atoms with Gasteiger partial charge >= 0.3 is 0 Å². The van der Waals surface area contributed by atoms with Crippen LogP contribution in [0.3, 0.4) is 0 Å². The van der Waals surface area contributed by atoms with Crippen molar-refractivity contribution in [1.82, 2.24) is 5.32 Å². The molecule has 0 fully saturated rings. The van der Waals surface area contributed by atoms with Crippen molar-refractivity contribution in [3.8, 4) is 0 Å². The molecule has 2 nitrogen and oxygen atoms in total. The molecule has 1 amide bonds. The largest absolute Gasteiger partial charge is 0.354 e. The van der Waals surface area contributed by atoms with Crippen molar-refractivity contribution in [3.05, 3.63) is 35.4 Å². The third-order valence-corrected chi connectivity index (χ3v) is 1.74. The molecule has 0 saturated carbocycles. The Morgan fingerprint density at radius 2 is 1.65 bits per heavy atom. The Morgan fingerprint density at radius 1 is 1.18 bits per heavy atom. The number of halogens is 2. The molecule has 0 atom stereocenters. The Labute approximate surface area is 101 Å². The molecule has 0 saturated heterocycles. The molecule has 4 heteroatoms. The van der Waals surface area contributed by atoms with Gasteiger partial charge in [-0.2, -0.15) is 0 Å². The summed E-state index contributed by atoms with van der Waals surface area (Å²) in [5.41, 5.74) is 0.339. The Morgan fingerprint density at radius 3 is 2.06 bits per heavy atom. The lowest BCUT2D eigenvalue weighted by molar-refractivity contribution is -0.120. The van der Waals surface area contributed by atoms with Gasteiger partial charge in [0.15, 0.2) is 0 Å². The van der Waals surface area contributed by atoms with E-state index in [1.807, 2.05) is 27.7 Å². The molecule has 0 bridgehead atoms. The average molecular weight is 243 g/mol. The number of nitrogens with one attached hydrogen (secondary N) is 1. The van der Waals surface area contributed by atoms with Gasteiger partial charge in [0.05, 0.1) is 6.42 Å². The van der Waals surface area contributed by atoms with Crippen LogP contribution in [0.25, 0.3) is 0 Å². The second-order valence-corrected chi connectivity index (χ2v) is 3.68. The van der Waals surface area contributed by atoms with E-state index in [1.165, 1.54) is 0 Å². The molecule has 0 spiro atoms. The smallest absolute Gasteiger partial charge is 0.224 e. The fourth-order valence-electron chi connectivity index (χ4n) is 1.27. The van der Waals surface area contributed by atoms with Gasteiger partial charge in [0.1, 0.15) is 11.6 Å². The van der Waals surface area contributed by atoms with E-state index in [2.05, 4.69) is 5.32 Å². The molecule has 1 aromatic carbocycles. The summed E-state index contributed by atoms with van der Waals surface area (Å²) in [4.78, 5) is 11.3. The first-order valence-corrected chi connectivity index (χ1v) is 5.71. The quantitative estimate of drug-likeness (QED) is 0.868. The maximum Gasteiger partial charge on any atom is 0.224 e. The lowest BCUT2D eigenvalue weighted by Crippen LogP contribution is -2.31. The van der Waals surface area contributed by atoms with Gasteiger partial charge in [-0.3, -0.25) is 4.79 Å². The maximum atomic E-state index is 12.8. The fourth-order valence-corrected chi connectivity index (χ4v) is 1.27. The van der Waals surface area contributed by atoms with E-state index in [0.29, 0.717) is 5.56 Å². The van der Waals surface area contributed by atoms with Gasteiger partial charge in [-0.05, 0) is 31.5 Å². The molecule has 0 aliphatic heterocycles. The Hall–Kier alpha value is -1.45. The van der Waals surface area contributed by atoms with E-state index < -0.39 is 11.6 Å². The van der Waals surface area contributed by atoms with Crippen LogP contribution in [0.2, 0.25) is 0 Å². The van der Waals surface area contributed by atoms with Crippen LogP contribution in [0, 0.1) is 11.6 Å². The molecule has 0 aromatic heterocycles. The Kier molecular flexibility index (Phi) is 7.10. The second kappa shape index (κ2) is 7.76. The molecule has 17 heavy (non-hydrogen) atoms. The molecular formula is C13H19F2NO. The molecule has 0 aliphatic rings. The number of carbonyl (C=O) groups excluding carboxylic acids is 1. The van der Waals surface area contributed by atoms with E-state index in [9.17, 15) is 13.6 Å². The zero-order valence-electron chi connectivity index (χ0n) is 10.7. The van der Waals surface area contributed by atoms with E-state index in [4.69, 9.17) is 0 Å². The second-order valence-electron chi connectivity index (χ2n) is 3.68. The van der Waals surface area contributed by atoms with Crippen LogP contribution in [0.15, 0.2) is 18.2 Å². The summed E-state index contributed by atoms with van der Waals surface area (Å²) >= 11 is 0. The lowest BCUT2D eigenvalue weighted by atomic mass is 10.1. The molecule has 96 valence electrons. The predicted octanol–water partition coefficient (Wildman–Crippen LogP) is 3.06. The predicted molar refractivity (Wildman–Crippen MR) is 64.7 cm³/mol. The Bertz CT molecular complexity index is 344. The molecule has 1 aromatic rings. The highest BCUT2D eigenvalue weighted by Gasteiger charge is 2.07. The normalized spacial score (nSPS) is 9.59. The number of rotatable bonds is 3. The summed E-state index contributed by atoms with van der Waals surface area (Å²) in [6, 6.07) is 3.12. The van der Waals surface area contributed by atoms with Crippen LogP contribution in [-0.2, 0) is 11.2 Å². The van der Waals surface area contributed by atoms with E-state index >= 15 is 0 Å². The van der Waals surface area contributed by atoms with Crippen molar-refractivity contribution in [2.75, 3.05) is 0 Å². The van der Waals surface area contributed by atoms with E-state index in [-0.39, 0.29) is 18.4 Å². The Balaban J connectivity index is 0.00000121. The minimum absolute atomic E-state index is 0.00708. The van der Waals surface area contributed by atoms with Crippen LogP contribution in [-0.4, -0.2) is 11.9 Å². The van der Waals surface area contributed by atoms with Gasteiger partial charge < -0.3 is 5.32 Å². The van der Waals surface area contributed by atoms with Gasteiger partial charge in [0.2, 0.25) is 5.91 Å². The van der Waals surface area contributed by atoms with E-state index in [1.54, 1.807) is 0 Å². The van der Waals surface area contributed by atoms with Crippen molar-refractivity contribution in [2.45, 2.75) is 40.2 Å². The molecule has 1 rings (SSSR count). The molecule has 0 unspecified atom stereocenters. The van der Waals surface area contributed by atoms with Crippen molar-refractivity contribution in [2.24, 2.45) is 0 Å². The highest BCUT2D eigenvalue weighted by atomic mass is 19.1. The summed E-state index contributed by atoms with van der Waals surface area (Å²) in [6.07, 6.45) is -0.00708. The maximum absolute atomic E-state index is 12.8. The number of benzene rings is 1. The molecule has 0 radical (unpaired) electrons. The highest BCUT2D eigenvalue weighted by molar-refractivity contribution is 5.78. The van der Waals surface area contributed by atoms with Crippen LogP contribution >= 0.6 is 0 Å². The number of amides is 1. The summed E-state index contributed by atoms with van der Waals surface area (Å²) in [5.74, 6) is -1.57. The zero-order chi connectivity index (χ0) is 13.4. The monoisotopic (exact) mass is 243 g/mol. The topological polar surface area (TPSA) is 29.1 Å². The summed E-state index contributed by atoms with van der Waals surface area (Å²) in [6.45, 7) is 7.65. The van der Waals surface area contributed by atoms with Gasteiger partial charge in [-0.1, -0.05) is 13.8 Å². The lowest BCUT2D eigenvalue weighted by Gasteiger charge is -2.08. The highest BCUT2D eigenvalue weighted by Crippen LogP contribution is 2.08. The van der Waals surface area contributed by atoms with Crippen molar-refractivity contribution in [3.63, 3.8) is 0 Å². The summed E-state index contributed by atoms with van der Waals surface area (Å²) < 4.78 is 25.5. The van der Waals surface area contributed by atoms with Crippen LogP contribution < -0.4 is 5.32 Å². The minimum atomic E-state index is -0.664. The first-order chi connectivity index (χ1) is 7.97. The van der Waals surface area contributed by atoms with Crippen LogP contribution in [0.5, 0.6) is 0 Å². The van der Waals surface area contributed by atoms with Gasteiger partial charge in [0.25, 0.3) is 0 Å². The zero-order valence-corrected chi connectivity index (χ0v) is 10.7. The fraction of sp³-hybridized carbons (Fsp3) is 0.462. The third-order valence-electron chi connectivity index (χ3n) is 1.74. The standard InChI is InChI=1S/C11H13F2NO.C2H6/c1-7(2)14-11(15)5-8-3-9(12)6-10(13)4-8;1-2/h3-4,6-7H,5H2,1-2H3,(H,14,15);1-2H3. The molecular weight excluding hydrogens is 224 g/mol. The number of carbonyl (C=O) groups is 1. The summed E-state index contributed by atoms with van der Waals surface area (Å²) in [5, 5.41) is 2.65. The van der Waals surface area contributed by atoms with E-state index in [0.717, 1.165) is 18.2 Å². The number of hydrogen-bond acceptors (Lipinski definition) is 1. The first-order valence-electron chi connectivity index (χ1n) is 5.71. The average Bonchev–Trinajstić information content (AvgIpc) is 2.17. The molecule has 0 heterocycles. The van der Waals surface area contributed by atoms with Gasteiger partial charge in [-0.15, -0.1) is 0 Å². The van der Waals surface area contributed by atoms with Crippen molar-refractivity contribution in [1.29, 1.82) is 0 Å². The third kappa shape index (κ3) is 6.66. The first kappa shape index (κ1) is 15.6. The van der Waals surface area contributed by atoms with Gasteiger partial charge in [-0.25, -0.2) is 8.78 Å². The molecule has 1 N–H and O–H groups in total. The SMILES string of the molecule is CC.CC(C)NC(=O)Cc1cc(F)cc(F)c1. The minimum Gasteiger partial charge on any atom is -0.354 e. The van der Waals surface area contributed by atoms with Crippen molar-refractivity contribution >= 4 is 5.91 Å².